The van der Waals surface area contributed by atoms with Crippen LogP contribution in [0.1, 0.15) is 11.1 Å². The molecule has 0 amide bonds. The first-order valence-electron chi connectivity index (χ1n) is 5.11. The maximum Gasteiger partial charge on any atom is 0.240 e. The van der Waals surface area contributed by atoms with Gasteiger partial charge in [-0.2, -0.15) is 0 Å². The van der Waals surface area contributed by atoms with Crippen LogP contribution in [0.2, 0.25) is 0 Å². The van der Waals surface area contributed by atoms with E-state index in [2.05, 4.69) is 4.72 Å². The molecule has 0 bridgehead atoms. The Bertz CT molecular complexity index is 638. The van der Waals surface area contributed by atoms with E-state index < -0.39 is 24.8 Å². The van der Waals surface area contributed by atoms with Gasteiger partial charge in [0, 0.05) is 17.2 Å². The van der Waals surface area contributed by atoms with Gasteiger partial charge in [0.15, 0.2) is 0 Å². The largest absolute Gasteiger partial charge is 0.240 e. The highest BCUT2D eigenvalue weighted by Crippen LogP contribution is 2.16. The highest BCUT2D eigenvalue weighted by Gasteiger charge is 2.17. The predicted molar refractivity (Wildman–Crippen MR) is 70.7 cm³/mol. The Morgan fingerprint density at radius 3 is 2.33 bits per heavy atom. The van der Waals surface area contributed by atoms with E-state index in [0.29, 0.717) is 5.56 Å². The van der Waals surface area contributed by atoms with Crippen molar-refractivity contribution in [3.8, 4) is 0 Å². The number of rotatable bonds is 5. The van der Waals surface area contributed by atoms with Crippen LogP contribution in [0.5, 0.6) is 0 Å². The van der Waals surface area contributed by atoms with Gasteiger partial charge in [-0.25, -0.2) is 21.6 Å². The molecule has 1 aromatic rings. The van der Waals surface area contributed by atoms with Crippen LogP contribution in [-0.2, 0) is 19.1 Å². The third kappa shape index (κ3) is 4.56. The molecule has 8 heteroatoms. The topological polar surface area (TPSA) is 80.3 Å². The first-order chi connectivity index (χ1) is 8.12. The Morgan fingerprint density at radius 2 is 1.78 bits per heavy atom. The van der Waals surface area contributed by atoms with Gasteiger partial charge in [0.2, 0.25) is 19.1 Å². The summed E-state index contributed by atoms with van der Waals surface area (Å²) in [6.07, 6.45) is 0. The molecule has 0 radical (unpaired) electrons. The van der Waals surface area contributed by atoms with Gasteiger partial charge in [-0.3, -0.25) is 0 Å². The third-order valence-electron chi connectivity index (χ3n) is 2.27. The number of nitrogens with one attached hydrogen (secondary N) is 1. The maximum absolute atomic E-state index is 11.9. The van der Waals surface area contributed by atoms with E-state index in [-0.39, 0.29) is 11.4 Å². The minimum atomic E-state index is -3.71. The highest BCUT2D eigenvalue weighted by molar-refractivity contribution is 8.13. The van der Waals surface area contributed by atoms with Gasteiger partial charge in [0.05, 0.1) is 10.6 Å². The zero-order chi connectivity index (χ0) is 14.0. The molecule has 0 heterocycles. The first-order valence-corrected chi connectivity index (χ1v) is 9.07. The summed E-state index contributed by atoms with van der Waals surface area (Å²) in [5.74, 6) is -0.446. The molecule has 0 aliphatic heterocycles. The zero-order valence-electron chi connectivity index (χ0n) is 9.97. The lowest BCUT2D eigenvalue weighted by molar-refractivity contribution is 0.582. The Morgan fingerprint density at radius 1 is 1.17 bits per heavy atom. The van der Waals surface area contributed by atoms with Crippen molar-refractivity contribution >= 4 is 29.8 Å². The Balaban J connectivity index is 2.90. The SMILES string of the molecule is Cc1ccc(C)c(S(=O)(=O)NCCS(=O)(=O)Cl)c1. The molecule has 0 saturated carbocycles. The molecular formula is C10H14ClNO4S2. The summed E-state index contributed by atoms with van der Waals surface area (Å²) in [5, 5.41) is 0. The summed E-state index contributed by atoms with van der Waals surface area (Å²) < 4.78 is 47.5. The maximum atomic E-state index is 11.9. The van der Waals surface area contributed by atoms with Crippen molar-refractivity contribution in [1.29, 1.82) is 0 Å². The minimum absolute atomic E-state index is 0.148. The Kier molecular flexibility index (Phi) is 4.77. The molecular weight excluding hydrogens is 298 g/mol. The van der Waals surface area contributed by atoms with E-state index in [1.807, 2.05) is 0 Å². The van der Waals surface area contributed by atoms with Gasteiger partial charge in [-0.1, -0.05) is 12.1 Å². The second kappa shape index (κ2) is 5.56. The summed E-state index contributed by atoms with van der Waals surface area (Å²) in [7, 11) is -2.41. The molecule has 0 atom stereocenters. The van der Waals surface area contributed by atoms with E-state index in [1.165, 1.54) is 6.07 Å². The number of hydrogen-bond donors (Lipinski definition) is 1. The molecule has 5 nitrogen and oxygen atoms in total. The van der Waals surface area contributed by atoms with Crippen LogP contribution in [0.3, 0.4) is 0 Å². The molecule has 0 unspecified atom stereocenters. The quantitative estimate of drug-likeness (QED) is 0.827. The van der Waals surface area contributed by atoms with Crippen molar-refractivity contribution in [3.05, 3.63) is 29.3 Å². The third-order valence-corrected chi connectivity index (χ3v) is 5.03. The lowest BCUT2D eigenvalue weighted by atomic mass is 10.2. The molecule has 0 aliphatic rings. The van der Waals surface area contributed by atoms with Crippen LogP contribution in [0.4, 0.5) is 0 Å². The summed E-state index contributed by atoms with van der Waals surface area (Å²) in [4.78, 5) is 0.148. The normalized spacial score (nSPS) is 12.6. The number of halogens is 1. The number of sulfonamides is 1. The van der Waals surface area contributed by atoms with E-state index in [0.717, 1.165) is 5.56 Å². The lowest BCUT2D eigenvalue weighted by Gasteiger charge is -2.09. The van der Waals surface area contributed by atoms with Crippen molar-refractivity contribution < 1.29 is 16.8 Å². The molecule has 0 aromatic heterocycles. The monoisotopic (exact) mass is 311 g/mol. The summed E-state index contributed by atoms with van der Waals surface area (Å²) in [6.45, 7) is 3.20. The summed E-state index contributed by atoms with van der Waals surface area (Å²) in [5.41, 5.74) is 1.41. The Hall–Kier alpha value is -0.630. The molecule has 0 fully saturated rings. The lowest BCUT2D eigenvalue weighted by Crippen LogP contribution is -2.28. The van der Waals surface area contributed by atoms with E-state index in [9.17, 15) is 16.8 Å². The van der Waals surface area contributed by atoms with Crippen LogP contribution in [0.15, 0.2) is 23.1 Å². The van der Waals surface area contributed by atoms with Crippen molar-refractivity contribution in [1.82, 2.24) is 4.72 Å². The fourth-order valence-corrected chi connectivity index (χ4v) is 3.44. The molecule has 0 spiro atoms. The van der Waals surface area contributed by atoms with Crippen LogP contribution in [0, 0.1) is 13.8 Å². The van der Waals surface area contributed by atoms with Crippen molar-refractivity contribution in [2.45, 2.75) is 18.7 Å². The van der Waals surface area contributed by atoms with Crippen molar-refractivity contribution in [3.63, 3.8) is 0 Å². The summed E-state index contributed by atoms with van der Waals surface area (Å²) in [6, 6.07) is 5.03. The standard InChI is InChI=1S/C10H14ClNO4S2/c1-8-3-4-9(2)10(7-8)18(15,16)12-5-6-17(11,13)14/h3-4,7,12H,5-6H2,1-2H3. The van der Waals surface area contributed by atoms with E-state index >= 15 is 0 Å². The molecule has 0 saturated heterocycles. The zero-order valence-corrected chi connectivity index (χ0v) is 12.4. The van der Waals surface area contributed by atoms with Gasteiger partial charge < -0.3 is 0 Å². The second-order valence-electron chi connectivity index (χ2n) is 3.91. The molecule has 1 aromatic carbocycles. The fraction of sp³-hybridized carbons (Fsp3) is 0.400. The Labute approximate surface area is 112 Å². The molecule has 18 heavy (non-hydrogen) atoms. The predicted octanol–water partition coefficient (Wildman–Crippen LogP) is 1.15. The van der Waals surface area contributed by atoms with Crippen LogP contribution >= 0.6 is 10.7 Å². The second-order valence-corrected chi connectivity index (χ2v) is 8.54. The number of hydrogen-bond acceptors (Lipinski definition) is 4. The molecule has 0 aliphatic carbocycles. The van der Waals surface area contributed by atoms with E-state index in [1.54, 1.807) is 26.0 Å². The highest BCUT2D eigenvalue weighted by atomic mass is 35.7. The van der Waals surface area contributed by atoms with Crippen molar-refractivity contribution in [2.75, 3.05) is 12.3 Å². The average molecular weight is 312 g/mol. The summed E-state index contributed by atoms with van der Waals surface area (Å²) >= 11 is 0. The fourth-order valence-electron chi connectivity index (χ4n) is 1.37. The minimum Gasteiger partial charge on any atom is -0.212 e. The molecule has 1 N–H and O–H groups in total. The van der Waals surface area contributed by atoms with Gasteiger partial charge in [-0.05, 0) is 31.0 Å². The van der Waals surface area contributed by atoms with Gasteiger partial charge in [-0.15, -0.1) is 0 Å². The molecule has 1 rings (SSSR count). The van der Waals surface area contributed by atoms with Gasteiger partial charge in [0.25, 0.3) is 0 Å². The first kappa shape index (κ1) is 15.4. The van der Waals surface area contributed by atoms with Crippen LogP contribution in [0.25, 0.3) is 0 Å². The average Bonchev–Trinajstić information content (AvgIpc) is 2.19. The van der Waals surface area contributed by atoms with Crippen molar-refractivity contribution in [2.24, 2.45) is 0 Å². The van der Waals surface area contributed by atoms with Gasteiger partial charge >= 0.3 is 0 Å². The number of aryl methyl sites for hydroxylation is 2. The van der Waals surface area contributed by atoms with Crippen LogP contribution in [-0.4, -0.2) is 29.1 Å². The van der Waals surface area contributed by atoms with E-state index in [4.69, 9.17) is 10.7 Å². The smallest absolute Gasteiger partial charge is 0.212 e. The van der Waals surface area contributed by atoms with Gasteiger partial charge in [0.1, 0.15) is 0 Å². The number of benzene rings is 1. The van der Waals surface area contributed by atoms with Crippen LogP contribution < -0.4 is 4.72 Å². The molecule has 102 valence electrons.